The van der Waals surface area contributed by atoms with E-state index in [9.17, 15) is 4.79 Å². The van der Waals surface area contributed by atoms with Gasteiger partial charge in [0.2, 0.25) is 0 Å². The van der Waals surface area contributed by atoms with Crippen molar-refractivity contribution in [2.24, 2.45) is 13.0 Å². The van der Waals surface area contributed by atoms with Gasteiger partial charge in [-0.25, -0.2) is 0 Å². The maximum Gasteiger partial charge on any atom is 0.272 e. The molecule has 2 aromatic heterocycles. The smallest absolute Gasteiger partial charge is 0.272 e. The van der Waals surface area contributed by atoms with Gasteiger partial charge in [-0.3, -0.25) is 4.79 Å². The second kappa shape index (κ2) is 12.5. The standard InChI is InChI=1S/C30H35N3O4S/c1-3-35-20-22-5-4-6-26(32-30(34)28-17-29-27(33(28)2)13-16-38-29)25(22)12-15-36-23-7-9-24(10-8-23)37-19-21-11-14-31-18-21/h4-10,13,16-17,21,31H,3,11-12,14-15,18-20H2,1-2H3,(H,32,34)/t21-/m1/s1. The summed E-state index contributed by atoms with van der Waals surface area (Å²) in [6, 6.07) is 17.7. The Morgan fingerprint density at radius 2 is 1.95 bits per heavy atom. The third-order valence-corrected chi connectivity index (χ3v) is 7.83. The Hall–Kier alpha value is -3.33. The van der Waals surface area contributed by atoms with Gasteiger partial charge in [0.05, 0.1) is 30.0 Å². The first kappa shape index (κ1) is 26.3. The predicted octanol–water partition coefficient (Wildman–Crippen LogP) is 5.64. The summed E-state index contributed by atoms with van der Waals surface area (Å²) in [7, 11) is 1.92. The van der Waals surface area contributed by atoms with Crippen molar-refractivity contribution in [1.82, 2.24) is 9.88 Å². The predicted molar refractivity (Wildman–Crippen MR) is 153 cm³/mol. The van der Waals surface area contributed by atoms with Crippen LogP contribution in [0.15, 0.2) is 60.0 Å². The van der Waals surface area contributed by atoms with E-state index in [4.69, 9.17) is 14.2 Å². The number of hydrogen-bond acceptors (Lipinski definition) is 6. The number of aromatic nitrogens is 1. The number of rotatable bonds is 12. The lowest BCUT2D eigenvalue weighted by Gasteiger charge is -2.17. The number of carbonyl (C=O) groups excluding carboxylic acids is 1. The average Bonchev–Trinajstić information content (AvgIpc) is 3.68. The maximum atomic E-state index is 13.2. The van der Waals surface area contributed by atoms with E-state index in [1.54, 1.807) is 11.3 Å². The fraction of sp³-hybridized carbons (Fsp3) is 0.367. The lowest BCUT2D eigenvalue weighted by atomic mass is 10.0. The first-order valence-corrected chi connectivity index (χ1v) is 14.1. The molecule has 3 heterocycles. The van der Waals surface area contributed by atoms with Crippen molar-refractivity contribution < 1.29 is 19.0 Å². The highest BCUT2D eigenvalue weighted by Gasteiger charge is 2.18. The zero-order chi connectivity index (χ0) is 26.3. The molecule has 4 aromatic rings. The van der Waals surface area contributed by atoms with E-state index in [0.29, 0.717) is 37.9 Å². The Labute approximate surface area is 227 Å². The molecular formula is C30H35N3O4S. The molecule has 0 radical (unpaired) electrons. The number of nitrogens with one attached hydrogen (secondary N) is 2. The summed E-state index contributed by atoms with van der Waals surface area (Å²) in [5.41, 5.74) is 4.55. The van der Waals surface area contributed by atoms with Gasteiger partial charge in [-0.2, -0.15) is 0 Å². The van der Waals surface area contributed by atoms with E-state index in [2.05, 4.69) is 10.6 Å². The monoisotopic (exact) mass is 533 g/mol. The Bertz CT molecular complexity index is 1360. The van der Waals surface area contributed by atoms with Crippen molar-refractivity contribution in [1.29, 1.82) is 0 Å². The van der Waals surface area contributed by atoms with Gasteiger partial charge in [-0.05, 0) is 78.9 Å². The number of thiophene rings is 1. The average molecular weight is 534 g/mol. The molecule has 1 atom stereocenters. The molecule has 8 heteroatoms. The molecule has 1 amide bonds. The van der Waals surface area contributed by atoms with Crippen LogP contribution in [0.25, 0.3) is 10.2 Å². The second-order valence-electron chi connectivity index (χ2n) is 9.53. The van der Waals surface area contributed by atoms with E-state index in [0.717, 1.165) is 64.6 Å². The Balaban J connectivity index is 1.24. The van der Waals surface area contributed by atoms with Crippen molar-refractivity contribution in [2.45, 2.75) is 26.4 Å². The summed E-state index contributed by atoms with van der Waals surface area (Å²) in [6.07, 6.45) is 1.80. The number of nitrogens with zero attached hydrogens (tertiary/aromatic N) is 1. The minimum Gasteiger partial charge on any atom is -0.493 e. The number of hydrogen-bond donors (Lipinski definition) is 2. The number of anilines is 1. The minimum absolute atomic E-state index is 0.129. The molecular weight excluding hydrogens is 498 g/mol. The quantitative estimate of drug-likeness (QED) is 0.247. The van der Waals surface area contributed by atoms with Gasteiger partial charge in [0, 0.05) is 38.2 Å². The topological polar surface area (TPSA) is 73.8 Å². The third-order valence-electron chi connectivity index (χ3n) is 6.97. The van der Waals surface area contributed by atoms with Gasteiger partial charge in [0.15, 0.2) is 0 Å². The summed E-state index contributed by atoms with van der Waals surface area (Å²) >= 11 is 1.63. The van der Waals surface area contributed by atoms with Crippen molar-refractivity contribution in [3.63, 3.8) is 0 Å². The summed E-state index contributed by atoms with van der Waals surface area (Å²) < 4.78 is 20.8. The van der Waals surface area contributed by atoms with E-state index in [1.165, 1.54) is 0 Å². The molecule has 5 rings (SSSR count). The van der Waals surface area contributed by atoms with Crippen LogP contribution in [0, 0.1) is 5.92 Å². The lowest BCUT2D eigenvalue weighted by Crippen LogP contribution is -2.18. The number of benzene rings is 2. The minimum atomic E-state index is -0.129. The summed E-state index contributed by atoms with van der Waals surface area (Å²) in [4.78, 5) is 13.2. The molecule has 2 aromatic carbocycles. The maximum absolute atomic E-state index is 13.2. The van der Waals surface area contributed by atoms with E-state index < -0.39 is 0 Å². The SMILES string of the molecule is CCOCc1cccc(NC(=O)c2cc3sccc3n2C)c1CCOc1ccc(OC[C@@H]2CCNC2)cc1. The molecule has 200 valence electrons. The van der Waals surface area contributed by atoms with Gasteiger partial charge in [0.1, 0.15) is 17.2 Å². The zero-order valence-electron chi connectivity index (χ0n) is 22.0. The van der Waals surface area contributed by atoms with E-state index >= 15 is 0 Å². The van der Waals surface area contributed by atoms with Crippen LogP contribution >= 0.6 is 11.3 Å². The van der Waals surface area contributed by atoms with E-state index in [1.807, 2.05) is 78.5 Å². The largest absolute Gasteiger partial charge is 0.493 e. The number of fused-ring (bicyclic) bond motifs is 1. The van der Waals surface area contributed by atoms with Crippen molar-refractivity contribution in [3.8, 4) is 11.5 Å². The number of ether oxygens (including phenoxy) is 3. The first-order chi connectivity index (χ1) is 18.6. The molecule has 0 aliphatic carbocycles. The van der Waals surface area contributed by atoms with Crippen LogP contribution in [0.2, 0.25) is 0 Å². The number of aryl methyl sites for hydroxylation is 1. The fourth-order valence-corrected chi connectivity index (χ4v) is 5.67. The normalized spacial score (nSPS) is 15.2. The van der Waals surface area contributed by atoms with Crippen molar-refractivity contribution in [2.75, 3.05) is 38.2 Å². The molecule has 2 N–H and O–H groups in total. The van der Waals surface area contributed by atoms with Crippen LogP contribution in [0.1, 0.15) is 35.0 Å². The number of carbonyl (C=O) groups is 1. The Morgan fingerprint density at radius 3 is 2.68 bits per heavy atom. The second-order valence-corrected chi connectivity index (χ2v) is 10.5. The number of amides is 1. The highest BCUT2D eigenvalue weighted by molar-refractivity contribution is 7.17. The summed E-state index contributed by atoms with van der Waals surface area (Å²) in [5.74, 6) is 2.10. The van der Waals surface area contributed by atoms with Gasteiger partial charge in [0.25, 0.3) is 5.91 Å². The molecule has 1 aliphatic rings. The molecule has 1 aliphatic heterocycles. The highest BCUT2D eigenvalue weighted by Crippen LogP contribution is 2.27. The Kier molecular flexibility index (Phi) is 8.63. The van der Waals surface area contributed by atoms with Crippen LogP contribution in [0.4, 0.5) is 5.69 Å². The lowest BCUT2D eigenvalue weighted by molar-refractivity contribution is 0.101. The van der Waals surface area contributed by atoms with Crippen LogP contribution in [-0.4, -0.2) is 43.4 Å². The molecule has 0 bridgehead atoms. The van der Waals surface area contributed by atoms with Crippen LogP contribution < -0.4 is 20.1 Å². The van der Waals surface area contributed by atoms with Gasteiger partial charge < -0.3 is 29.4 Å². The molecule has 1 saturated heterocycles. The summed E-state index contributed by atoms with van der Waals surface area (Å²) in [6.45, 7) is 6.39. The third kappa shape index (κ3) is 6.20. The van der Waals surface area contributed by atoms with Crippen LogP contribution in [0.5, 0.6) is 11.5 Å². The van der Waals surface area contributed by atoms with E-state index in [-0.39, 0.29) is 5.91 Å². The molecule has 0 spiro atoms. The first-order valence-electron chi connectivity index (χ1n) is 13.2. The molecule has 38 heavy (non-hydrogen) atoms. The molecule has 0 saturated carbocycles. The van der Waals surface area contributed by atoms with Crippen molar-refractivity contribution in [3.05, 3.63) is 76.8 Å². The molecule has 0 unspecified atom stereocenters. The zero-order valence-corrected chi connectivity index (χ0v) is 22.8. The highest BCUT2D eigenvalue weighted by atomic mass is 32.1. The Morgan fingerprint density at radius 1 is 1.13 bits per heavy atom. The van der Waals surface area contributed by atoms with Crippen molar-refractivity contribution >= 4 is 33.1 Å². The van der Waals surface area contributed by atoms with Crippen LogP contribution in [0.3, 0.4) is 0 Å². The summed E-state index contributed by atoms with van der Waals surface area (Å²) in [5, 5.41) is 8.55. The fourth-order valence-electron chi connectivity index (χ4n) is 4.82. The van der Waals surface area contributed by atoms with Gasteiger partial charge in [-0.1, -0.05) is 12.1 Å². The molecule has 1 fully saturated rings. The van der Waals surface area contributed by atoms with Gasteiger partial charge >= 0.3 is 0 Å². The van der Waals surface area contributed by atoms with Crippen LogP contribution in [-0.2, 0) is 24.8 Å². The van der Waals surface area contributed by atoms with Gasteiger partial charge in [-0.15, -0.1) is 11.3 Å². The molecule has 7 nitrogen and oxygen atoms in total.